The number of amides is 1. The Hall–Kier alpha value is -2.46. The summed E-state index contributed by atoms with van der Waals surface area (Å²) in [5.41, 5.74) is 1.59. The van der Waals surface area contributed by atoms with Crippen LogP contribution in [0.15, 0.2) is 48.5 Å². The molecule has 0 spiro atoms. The van der Waals surface area contributed by atoms with Gasteiger partial charge in [-0.3, -0.25) is 4.79 Å². The predicted octanol–water partition coefficient (Wildman–Crippen LogP) is 4.42. The van der Waals surface area contributed by atoms with Gasteiger partial charge in [0.15, 0.2) is 11.5 Å². The highest BCUT2D eigenvalue weighted by atomic mass is 35.5. The molecule has 0 fully saturated rings. The normalized spacial score (nSPS) is 10.7. The van der Waals surface area contributed by atoms with Gasteiger partial charge in [-0.05, 0) is 42.8 Å². The number of rotatable bonds is 6. The van der Waals surface area contributed by atoms with Crippen LogP contribution >= 0.6 is 11.6 Å². The fourth-order valence-corrected chi connectivity index (χ4v) is 2.45. The van der Waals surface area contributed by atoms with E-state index in [2.05, 4.69) is 0 Å². The Morgan fingerprint density at radius 2 is 1.96 bits per heavy atom. The van der Waals surface area contributed by atoms with E-state index in [1.54, 1.807) is 37.3 Å². The number of hydrogen-bond acceptors (Lipinski definition) is 3. The second-order valence-corrected chi connectivity index (χ2v) is 5.44. The zero-order valence-corrected chi connectivity index (χ0v) is 14.7. The van der Waals surface area contributed by atoms with Gasteiger partial charge in [-0.2, -0.15) is 0 Å². The molecule has 126 valence electrons. The van der Waals surface area contributed by atoms with Crippen LogP contribution in [-0.4, -0.2) is 26.7 Å². The van der Waals surface area contributed by atoms with Crippen molar-refractivity contribution >= 4 is 29.3 Å². The first-order valence-corrected chi connectivity index (χ1v) is 7.95. The topological polar surface area (TPSA) is 38.8 Å². The predicted molar refractivity (Wildman–Crippen MR) is 98.1 cm³/mol. The molecule has 0 aliphatic carbocycles. The lowest BCUT2D eigenvalue weighted by Gasteiger charge is -2.15. The zero-order valence-electron chi connectivity index (χ0n) is 14.0. The van der Waals surface area contributed by atoms with Gasteiger partial charge in [0.25, 0.3) is 5.91 Å². The fraction of sp³-hybridized carbons (Fsp3) is 0.211. The van der Waals surface area contributed by atoms with E-state index < -0.39 is 0 Å². The summed E-state index contributed by atoms with van der Waals surface area (Å²) in [5, 5.41) is 0.444. The molecule has 0 aliphatic rings. The van der Waals surface area contributed by atoms with Gasteiger partial charge in [-0.25, -0.2) is 0 Å². The van der Waals surface area contributed by atoms with Crippen LogP contribution in [0, 0.1) is 0 Å². The molecule has 0 heterocycles. The molecule has 0 bridgehead atoms. The number of para-hydroxylation sites is 1. The van der Waals surface area contributed by atoms with Crippen LogP contribution in [0.2, 0.25) is 5.02 Å². The average Bonchev–Trinajstić information content (AvgIpc) is 2.61. The van der Waals surface area contributed by atoms with Crippen LogP contribution in [0.3, 0.4) is 0 Å². The van der Waals surface area contributed by atoms with Crippen molar-refractivity contribution in [1.82, 2.24) is 0 Å². The lowest BCUT2D eigenvalue weighted by molar-refractivity contribution is -0.113. The molecule has 2 aromatic carbocycles. The standard InChI is InChI=1S/C19H20ClNO3/c1-4-24-19-16(20)12-14(13-17(19)23-3)10-11-18(22)21(2)15-8-6-5-7-9-15/h5-13H,4H2,1-3H3/b11-10+. The third-order valence-corrected chi connectivity index (χ3v) is 3.71. The molecule has 24 heavy (non-hydrogen) atoms. The van der Waals surface area contributed by atoms with Gasteiger partial charge < -0.3 is 14.4 Å². The molecule has 0 saturated carbocycles. The summed E-state index contributed by atoms with van der Waals surface area (Å²) in [6.07, 6.45) is 3.20. The van der Waals surface area contributed by atoms with E-state index in [0.717, 1.165) is 11.3 Å². The van der Waals surface area contributed by atoms with Gasteiger partial charge in [0.1, 0.15) is 0 Å². The smallest absolute Gasteiger partial charge is 0.250 e. The molecule has 0 aliphatic heterocycles. The van der Waals surface area contributed by atoms with Crippen LogP contribution in [-0.2, 0) is 4.79 Å². The van der Waals surface area contributed by atoms with Crippen molar-refractivity contribution in [3.05, 3.63) is 59.1 Å². The van der Waals surface area contributed by atoms with Crippen molar-refractivity contribution in [2.45, 2.75) is 6.92 Å². The van der Waals surface area contributed by atoms with Crippen LogP contribution in [0.25, 0.3) is 6.08 Å². The highest BCUT2D eigenvalue weighted by Gasteiger charge is 2.11. The monoisotopic (exact) mass is 345 g/mol. The molecule has 0 unspecified atom stereocenters. The molecular formula is C19H20ClNO3. The number of nitrogens with zero attached hydrogens (tertiary/aromatic N) is 1. The number of carbonyl (C=O) groups is 1. The summed E-state index contributed by atoms with van der Waals surface area (Å²) < 4.78 is 10.8. The number of carbonyl (C=O) groups excluding carboxylic acids is 1. The van der Waals surface area contributed by atoms with Crippen molar-refractivity contribution in [2.75, 3.05) is 25.7 Å². The van der Waals surface area contributed by atoms with Crippen LogP contribution < -0.4 is 14.4 Å². The Labute approximate surface area is 147 Å². The third kappa shape index (κ3) is 4.30. The fourth-order valence-electron chi connectivity index (χ4n) is 2.18. The second kappa shape index (κ2) is 8.41. The van der Waals surface area contributed by atoms with Crippen molar-refractivity contribution in [1.29, 1.82) is 0 Å². The SMILES string of the molecule is CCOc1c(Cl)cc(/C=C/C(=O)N(C)c2ccccc2)cc1OC. The highest BCUT2D eigenvalue weighted by Crippen LogP contribution is 2.36. The van der Waals surface area contributed by atoms with Crippen LogP contribution in [0.1, 0.15) is 12.5 Å². The highest BCUT2D eigenvalue weighted by molar-refractivity contribution is 6.32. The summed E-state index contributed by atoms with van der Waals surface area (Å²) in [5.74, 6) is 0.907. The molecule has 0 atom stereocenters. The number of benzene rings is 2. The van der Waals surface area contributed by atoms with Gasteiger partial charge in [-0.1, -0.05) is 29.8 Å². The van der Waals surface area contributed by atoms with E-state index in [4.69, 9.17) is 21.1 Å². The van der Waals surface area contributed by atoms with E-state index in [-0.39, 0.29) is 5.91 Å². The van der Waals surface area contributed by atoms with Crippen molar-refractivity contribution in [3.63, 3.8) is 0 Å². The Balaban J connectivity index is 2.19. The summed E-state index contributed by atoms with van der Waals surface area (Å²) in [7, 11) is 3.28. The Bertz CT molecular complexity index is 729. The zero-order chi connectivity index (χ0) is 17.5. The molecular weight excluding hydrogens is 326 g/mol. The minimum atomic E-state index is -0.134. The van der Waals surface area contributed by atoms with E-state index in [9.17, 15) is 4.79 Å². The molecule has 0 saturated heterocycles. The number of methoxy groups -OCH3 is 1. The van der Waals surface area contributed by atoms with Gasteiger partial charge in [0, 0.05) is 18.8 Å². The number of anilines is 1. The maximum Gasteiger partial charge on any atom is 0.250 e. The largest absolute Gasteiger partial charge is 0.493 e. The number of likely N-dealkylation sites (N-methyl/N-ethyl adjacent to an activating group) is 1. The molecule has 0 aromatic heterocycles. The van der Waals surface area contributed by atoms with E-state index >= 15 is 0 Å². The number of ether oxygens (including phenoxy) is 2. The molecule has 0 radical (unpaired) electrons. The molecule has 4 nitrogen and oxygen atoms in total. The quantitative estimate of drug-likeness (QED) is 0.727. The number of halogens is 1. The van der Waals surface area contributed by atoms with Gasteiger partial charge in [-0.15, -0.1) is 0 Å². The third-order valence-electron chi connectivity index (χ3n) is 3.43. The van der Waals surface area contributed by atoms with E-state index in [0.29, 0.717) is 23.1 Å². The van der Waals surface area contributed by atoms with Gasteiger partial charge in [0.2, 0.25) is 0 Å². The molecule has 2 aromatic rings. The first-order chi connectivity index (χ1) is 11.6. The van der Waals surface area contributed by atoms with Crippen LogP contribution in [0.4, 0.5) is 5.69 Å². The molecule has 2 rings (SSSR count). The minimum Gasteiger partial charge on any atom is -0.493 e. The minimum absolute atomic E-state index is 0.134. The summed E-state index contributed by atoms with van der Waals surface area (Å²) in [6.45, 7) is 2.37. The Morgan fingerprint density at radius 1 is 1.25 bits per heavy atom. The molecule has 1 amide bonds. The summed E-state index contributed by atoms with van der Waals surface area (Å²) in [6, 6.07) is 13.0. The Kier molecular flexibility index (Phi) is 6.27. The van der Waals surface area contributed by atoms with Crippen molar-refractivity contribution in [3.8, 4) is 11.5 Å². The van der Waals surface area contributed by atoms with Gasteiger partial charge in [0.05, 0.1) is 18.7 Å². The first-order valence-electron chi connectivity index (χ1n) is 7.58. The second-order valence-electron chi connectivity index (χ2n) is 5.03. The molecule has 0 N–H and O–H groups in total. The van der Waals surface area contributed by atoms with E-state index in [1.807, 2.05) is 37.3 Å². The lowest BCUT2D eigenvalue weighted by Crippen LogP contribution is -2.23. The number of hydrogen-bond donors (Lipinski definition) is 0. The van der Waals surface area contributed by atoms with E-state index in [1.165, 1.54) is 6.08 Å². The maximum absolute atomic E-state index is 12.3. The maximum atomic E-state index is 12.3. The summed E-state index contributed by atoms with van der Waals surface area (Å²) >= 11 is 6.23. The Morgan fingerprint density at radius 3 is 2.58 bits per heavy atom. The van der Waals surface area contributed by atoms with Gasteiger partial charge >= 0.3 is 0 Å². The van der Waals surface area contributed by atoms with Crippen molar-refractivity contribution < 1.29 is 14.3 Å². The van der Waals surface area contributed by atoms with Crippen molar-refractivity contribution in [2.24, 2.45) is 0 Å². The van der Waals surface area contributed by atoms with Crippen LogP contribution in [0.5, 0.6) is 11.5 Å². The molecule has 5 heteroatoms. The summed E-state index contributed by atoms with van der Waals surface area (Å²) in [4.78, 5) is 13.8. The first kappa shape index (κ1) is 17.9. The lowest BCUT2D eigenvalue weighted by atomic mass is 10.1. The average molecular weight is 346 g/mol.